The molecule has 10 nitrogen and oxygen atoms in total. The van der Waals surface area contributed by atoms with Gasteiger partial charge in [0.1, 0.15) is 10.4 Å². The fourth-order valence-electron chi connectivity index (χ4n) is 6.90. The van der Waals surface area contributed by atoms with Gasteiger partial charge in [0.2, 0.25) is 15.9 Å². The van der Waals surface area contributed by atoms with E-state index < -0.39 is 21.4 Å². The molecule has 2 aromatic carbocycles. The molecule has 250 valence electrons. The molecule has 0 aliphatic carbocycles. The SMILES string of the molecule is CC[C@H]1Cc2ncccc2S(=O)(=O)N(Cc2cc(C(c3ccc4c(nnn4CC)c3C)C(C)(C)C(=O)Nc3cccnc3)ccc2C)C1. The first kappa shape index (κ1) is 33.4. The van der Waals surface area contributed by atoms with Gasteiger partial charge in [0, 0.05) is 37.9 Å². The predicted octanol–water partition coefficient (Wildman–Crippen LogP) is 6.43. The maximum absolute atomic E-state index is 14.2. The normalized spacial score (nSPS) is 17.1. The predicted molar refractivity (Wildman–Crippen MR) is 187 cm³/mol. The van der Waals surface area contributed by atoms with Crippen molar-refractivity contribution in [1.82, 2.24) is 29.3 Å². The van der Waals surface area contributed by atoms with E-state index >= 15 is 0 Å². The van der Waals surface area contributed by atoms with Gasteiger partial charge in [-0.05, 0) is 91.3 Å². The van der Waals surface area contributed by atoms with E-state index in [9.17, 15) is 13.2 Å². The summed E-state index contributed by atoms with van der Waals surface area (Å²) in [6, 6.07) is 17.2. The van der Waals surface area contributed by atoms with Crippen LogP contribution in [-0.4, -0.2) is 50.1 Å². The lowest BCUT2D eigenvalue weighted by Gasteiger charge is -2.35. The Hall–Kier alpha value is -4.48. The van der Waals surface area contributed by atoms with Crippen LogP contribution in [0.2, 0.25) is 0 Å². The quantitative estimate of drug-likeness (QED) is 0.193. The highest BCUT2D eigenvalue weighted by atomic mass is 32.2. The number of carbonyl (C=O) groups excluding carboxylic acids is 1. The van der Waals surface area contributed by atoms with Crippen LogP contribution in [0, 0.1) is 25.2 Å². The zero-order chi connectivity index (χ0) is 34.2. The Morgan fingerprint density at radius 1 is 1.06 bits per heavy atom. The van der Waals surface area contributed by atoms with Crippen LogP contribution >= 0.6 is 0 Å². The van der Waals surface area contributed by atoms with E-state index in [1.54, 1.807) is 41.1 Å². The Morgan fingerprint density at radius 2 is 1.85 bits per heavy atom. The van der Waals surface area contributed by atoms with Crippen molar-refractivity contribution in [1.29, 1.82) is 0 Å². The van der Waals surface area contributed by atoms with Crippen LogP contribution in [0.1, 0.15) is 73.5 Å². The molecule has 1 aliphatic heterocycles. The topological polar surface area (TPSA) is 123 Å². The summed E-state index contributed by atoms with van der Waals surface area (Å²) in [5, 5.41) is 11.9. The minimum absolute atomic E-state index is 0.146. The number of benzene rings is 2. The monoisotopic (exact) mass is 665 g/mol. The molecular weight excluding hydrogens is 623 g/mol. The van der Waals surface area contributed by atoms with Crippen LogP contribution in [-0.2, 0) is 34.3 Å². The smallest absolute Gasteiger partial charge is 0.245 e. The van der Waals surface area contributed by atoms with Gasteiger partial charge in [0.05, 0.1) is 28.5 Å². The average Bonchev–Trinajstić information content (AvgIpc) is 3.46. The number of nitrogens with one attached hydrogen (secondary N) is 1. The van der Waals surface area contributed by atoms with Gasteiger partial charge in [-0.1, -0.05) is 56.7 Å². The van der Waals surface area contributed by atoms with E-state index in [2.05, 4.69) is 50.7 Å². The Balaban J connectivity index is 1.46. The van der Waals surface area contributed by atoms with E-state index in [1.807, 2.05) is 57.5 Å². The van der Waals surface area contributed by atoms with E-state index in [4.69, 9.17) is 0 Å². The maximum Gasteiger partial charge on any atom is 0.245 e. The molecule has 5 aromatic rings. The number of anilines is 1. The van der Waals surface area contributed by atoms with Gasteiger partial charge in [0.25, 0.3) is 0 Å². The lowest BCUT2D eigenvalue weighted by Crippen LogP contribution is -2.37. The van der Waals surface area contributed by atoms with E-state index in [1.165, 1.54) is 0 Å². The molecule has 0 spiro atoms. The minimum Gasteiger partial charge on any atom is -0.324 e. The summed E-state index contributed by atoms with van der Waals surface area (Å²) in [6.45, 7) is 13.4. The van der Waals surface area contributed by atoms with E-state index in [0.717, 1.165) is 45.3 Å². The standard InChI is InChI=1S/C37H43N7O3S/c1-7-26-19-31-33(12-10-18-39-31)48(46,47)43(22-26)23-28-20-27(14-13-24(28)3)34(37(5,6)36(45)40-29-11-9-17-38-21-29)30-15-16-32-35(25(30)4)41-42-44(32)8-2/h9-18,20-21,26,34H,7-8,19,22-23H2,1-6H3,(H,40,45)/t26-,34?/m0/s1. The van der Waals surface area contributed by atoms with Crippen LogP contribution in [0.3, 0.4) is 0 Å². The third-order valence-electron chi connectivity index (χ3n) is 9.86. The van der Waals surface area contributed by atoms with Crippen LogP contribution in [0.25, 0.3) is 11.0 Å². The van der Waals surface area contributed by atoms with Crippen molar-refractivity contribution in [3.05, 3.63) is 107 Å². The molecule has 0 radical (unpaired) electrons. The molecule has 3 aromatic heterocycles. The molecule has 6 rings (SSSR count). The first-order valence-electron chi connectivity index (χ1n) is 16.5. The molecule has 1 unspecified atom stereocenters. The highest BCUT2D eigenvalue weighted by molar-refractivity contribution is 7.89. The van der Waals surface area contributed by atoms with Crippen molar-refractivity contribution >= 4 is 32.7 Å². The van der Waals surface area contributed by atoms with Crippen LogP contribution in [0.15, 0.2) is 78.1 Å². The molecule has 48 heavy (non-hydrogen) atoms. The van der Waals surface area contributed by atoms with Crippen LogP contribution in [0.4, 0.5) is 5.69 Å². The van der Waals surface area contributed by atoms with Crippen molar-refractivity contribution < 1.29 is 13.2 Å². The Labute approximate surface area is 282 Å². The number of aromatic nitrogens is 5. The Morgan fingerprint density at radius 3 is 2.58 bits per heavy atom. The first-order valence-corrected chi connectivity index (χ1v) is 18.0. The van der Waals surface area contributed by atoms with E-state index in [-0.39, 0.29) is 23.3 Å². The van der Waals surface area contributed by atoms with Gasteiger partial charge < -0.3 is 5.32 Å². The van der Waals surface area contributed by atoms with Gasteiger partial charge in [-0.15, -0.1) is 5.10 Å². The molecule has 0 saturated carbocycles. The van der Waals surface area contributed by atoms with Crippen LogP contribution in [0.5, 0.6) is 0 Å². The summed E-state index contributed by atoms with van der Waals surface area (Å²) >= 11 is 0. The number of pyridine rings is 2. The zero-order valence-corrected chi connectivity index (χ0v) is 29.3. The molecule has 11 heteroatoms. The number of fused-ring (bicyclic) bond motifs is 2. The van der Waals surface area contributed by atoms with Gasteiger partial charge in [-0.25, -0.2) is 13.1 Å². The maximum atomic E-state index is 14.2. The number of aryl methyl sites for hydroxylation is 3. The van der Waals surface area contributed by atoms with Crippen molar-refractivity contribution in [2.75, 3.05) is 11.9 Å². The largest absolute Gasteiger partial charge is 0.324 e. The second kappa shape index (κ2) is 13.2. The number of amides is 1. The van der Waals surface area contributed by atoms with E-state index in [0.29, 0.717) is 30.9 Å². The summed E-state index contributed by atoms with van der Waals surface area (Å²) in [4.78, 5) is 23.1. The molecular formula is C37H43N7O3S. The molecule has 1 amide bonds. The minimum atomic E-state index is -3.79. The summed E-state index contributed by atoms with van der Waals surface area (Å²) < 4.78 is 31.6. The fraction of sp³-hybridized carbons (Fsp3) is 0.378. The Bertz CT molecular complexity index is 2080. The highest BCUT2D eigenvalue weighted by Gasteiger charge is 2.41. The number of hydrogen-bond donors (Lipinski definition) is 1. The molecule has 2 atom stereocenters. The molecule has 0 saturated heterocycles. The first-order chi connectivity index (χ1) is 22.9. The second-order valence-electron chi connectivity index (χ2n) is 13.3. The number of carbonyl (C=O) groups is 1. The van der Waals surface area contributed by atoms with Crippen LogP contribution < -0.4 is 5.32 Å². The molecule has 0 fully saturated rings. The molecule has 0 bridgehead atoms. The van der Waals surface area contributed by atoms with Crippen molar-refractivity contribution in [3.8, 4) is 0 Å². The van der Waals surface area contributed by atoms with Crippen molar-refractivity contribution in [3.63, 3.8) is 0 Å². The third-order valence-corrected chi connectivity index (χ3v) is 11.7. The molecule has 1 N–H and O–H groups in total. The molecule has 1 aliphatic rings. The van der Waals surface area contributed by atoms with Gasteiger partial charge in [-0.2, -0.15) is 4.31 Å². The average molecular weight is 666 g/mol. The summed E-state index contributed by atoms with van der Waals surface area (Å²) in [6.07, 6.45) is 6.43. The summed E-state index contributed by atoms with van der Waals surface area (Å²) in [7, 11) is -3.79. The number of rotatable bonds is 9. The lowest BCUT2D eigenvalue weighted by molar-refractivity contribution is -0.124. The number of hydrogen-bond acceptors (Lipinski definition) is 7. The number of nitrogens with zero attached hydrogens (tertiary/aromatic N) is 6. The van der Waals surface area contributed by atoms with Crippen molar-refractivity contribution in [2.45, 2.75) is 78.3 Å². The second-order valence-corrected chi connectivity index (χ2v) is 15.2. The van der Waals surface area contributed by atoms with Crippen molar-refractivity contribution in [2.24, 2.45) is 11.3 Å². The van der Waals surface area contributed by atoms with Gasteiger partial charge in [0.15, 0.2) is 0 Å². The van der Waals surface area contributed by atoms with Gasteiger partial charge >= 0.3 is 0 Å². The number of sulfonamides is 1. The lowest BCUT2D eigenvalue weighted by atomic mass is 9.69. The summed E-state index contributed by atoms with van der Waals surface area (Å²) in [5.41, 5.74) is 6.71. The molecule has 4 heterocycles. The fourth-order valence-corrected chi connectivity index (χ4v) is 8.58. The zero-order valence-electron chi connectivity index (χ0n) is 28.4. The highest BCUT2D eigenvalue weighted by Crippen LogP contribution is 2.45. The third kappa shape index (κ3) is 6.12. The summed E-state index contributed by atoms with van der Waals surface area (Å²) in [5.74, 6) is -0.420. The Kier molecular flexibility index (Phi) is 9.19. The van der Waals surface area contributed by atoms with Gasteiger partial charge in [-0.3, -0.25) is 14.8 Å².